The molecule has 2 N–H and O–H groups in total. The summed E-state index contributed by atoms with van der Waals surface area (Å²) < 4.78 is 220. The van der Waals surface area contributed by atoms with Gasteiger partial charge in [-0.15, -0.1) is 0 Å². The lowest BCUT2D eigenvalue weighted by Gasteiger charge is -2.44. The monoisotopic (exact) mass is 494 g/mol. The Kier molecular flexibility index (Phi) is 6.57. The molecule has 0 rings (SSSR count). The van der Waals surface area contributed by atoms with Crippen LogP contribution in [0.2, 0.25) is 0 Å². The predicted molar refractivity (Wildman–Crippen MR) is 58.4 cm³/mol. The lowest BCUT2D eigenvalue weighted by atomic mass is 9.84. The number of aliphatic hydroxyl groups is 2. The van der Waals surface area contributed by atoms with Gasteiger partial charge in [0, 0.05) is 0 Å². The molecule has 0 bridgehead atoms. The molecule has 2 nitrogen and oxygen atoms in total. The van der Waals surface area contributed by atoms with Gasteiger partial charge >= 0.3 is 47.6 Å². The minimum absolute atomic E-state index is 0.639. The average molecular weight is 494 g/mol. The van der Waals surface area contributed by atoms with E-state index in [0.29, 0.717) is 0 Å². The van der Waals surface area contributed by atoms with Crippen molar-refractivity contribution < 1.29 is 84.9 Å². The Bertz CT molecular complexity index is 632. The summed E-state index contributed by atoms with van der Waals surface area (Å²) in [6, 6.07) is 0. The Hall–Kier alpha value is -1.27. The van der Waals surface area contributed by atoms with Crippen molar-refractivity contribution in [1.29, 1.82) is 0 Å². The number of alkyl halides is 17. The summed E-state index contributed by atoms with van der Waals surface area (Å²) in [5.41, 5.74) is -4.83. The van der Waals surface area contributed by atoms with E-state index in [2.05, 4.69) is 0 Å². The maximum atomic E-state index is 13.4. The van der Waals surface area contributed by atoms with Crippen LogP contribution in [0.25, 0.3) is 0 Å². The van der Waals surface area contributed by atoms with E-state index in [1.165, 1.54) is 0 Å². The number of hydrogen-bond acceptors (Lipinski definition) is 2. The summed E-state index contributed by atoms with van der Waals surface area (Å²) in [5, 5.41) is 17.0. The van der Waals surface area contributed by atoms with Gasteiger partial charge in [0.25, 0.3) is 0 Å². The molecule has 0 amide bonds. The summed E-state index contributed by atoms with van der Waals surface area (Å²) in [6.45, 7) is -3.30. The van der Waals surface area contributed by atoms with E-state index in [9.17, 15) is 74.6 Å². The minimum Gasteiger partial charge on any atom is -0.393 e. The molecule has 0 aromatic carbocycles. The van der Waals surface area contributed by atoms with Gasteiger partial charge in [-0.25, -0.2) is 0 Å². The van der Waals surface area contributed by atoms with Crippen molar-refractivity contribution in [2.24, 2.45) is 0 Å². The molecular weight excluding hydrogens is 487 g/mol. The first kappa shape index (κ1) is 28.7. The van der Waals surface area contributed by atoms with Crippen molar-refractivity contribution in [3.63, 3.8) is 0 Å². The molecule has 0 radical (unpaired) electrons. The van der Waals surface area contributed by atoms with E-state index >= 15 is 0 Å². The van der Waals surface area contributed by atoms with Crippen molar-refractivity contribution in [3.8, 4) is 0 Å². The highest BCUT2D eigenvalue weighted by Gasteiger charge is 2.96. The third-order valence-corrected chi connectivity index (χ3v) is 3.71. The standard InChI is InChI=1S/C11H7F17O2/c1-3(30,2-29)4(12,13)5(14,15)6(16,17)7(18,19)8(20,21)9(22,23)10(24,25)11(26,27)28/h29-30H,2H2,1H3. The van der Waals surface area contributed by atoms with Gasteiger partial charge in [-0.2, -0.15) is 74.6 Å². The van der Waals surface area contributed by atoms with Gasteiger partial charge in [0.1, 0.15) is 0 Å². The Morgan fingerprint density at radius 3 is 0.833 bits per heavy atom. The molecule has 0 aromatic rings. The molecule has 0 fully saturated rings. The van der Waals surface area contributed by atoms with Crippen LogP contribution in [0.15, 0.2) is 0 Å². The first-order valence-corrected chi connectivity index (χ1v) is 6.61. The zero-order valence-corrected chi connectivity index (χ0v) is 13.5. The minimum atomic E-state index is -8.73. The van der Waals surface area contributed by atoms with Crippen LogP contribution >= 0.6 is 0 Å². The summed E-state index contributed by atoms with van der Waals surface area (Å²) in [4.78, 5) is 0. The molecule has 19 heteroatoms. The highest BCUT2D eigenvalue weighted by Crippen LogP contribution is 2.64. The lowest BCUT2D eigenvalue weighted by molar-refractivity contribution is -0.467. The fourth-order valence-corrected chi connectivity index (χ4v) is 1.60. The number of rotatable bonds is 8. The maximum absolute atomic E-state index is 13.4. The van der Waals surface area contributed by atoms with Crippen LogP contribution in [0.1, 0.15) is 6.92 Å². The summed E-state index contributed by atoms with van der Waals surface area (Å²) in [7, 11) is 0. The van der Waals surface area contributed by atoms with E-state index in [-0.39, 0.29) is 0 Å². The second kappa shape index (κ2) is 6.86. The molecule has 1 atom stereocenters. The molecule has 0 heterocycles. The van der Waals surface area contributed by atoms with E-state index in [1.807, 2.05) is 0 Å². The van der Waals surface area contributed by atoms with E-state index in [1.54, 1.807) is 0 Å². The lowest BCUT2D eigenvalue weighted by Crippen LogP contribution is -2.76. The molecule has 30 heavy (non-hydrogen) atoms. The number of hydrogen-bond donors (Lipinski definition) is 2. The average Bonchev–Trinajstić information content (AvgIpc) is 2.52. The van der Waals surface area contributed by atoms with Crippen LogP contribution in [0, 0.1) is 0 Å². The largest absolute Gasteiger partial charge is 0.460 e. The van der Waals surface area contributed by atoms with E-state index in [4.69, 9.17) is 10.2 Å². The quantitative estimate of drug-likeness (QED) is 0.479. The smallest absolute Gasteiger partial charge is 0.393 e. The van der Waals surface area contributed by atoms with Crippen LogP contribution in [0.5, 0.6) is 0 Å². The fraction of sp³-hybridized carbons (Fsp3) is 1.00. The Balaban J connectivity index is 6.85. The van der Waals surface area contributed by atoms with Crippen LogP contribution in [-0.2, 0) is 0 Å². The number of halogens is 17. The maximum Gasteiger partial charge on any atom is 0.460 e. The van der Waals surface area contributed by atoms with Crippen LogP contribution in [0.4, 0.5) is 74.6 Å². The molecule has 1 unspecified atom stereocenters. The van der Waals surface area contributed by atoms with Crippen molar-refractivity contribution in [2.45, 2.75) is 60.2 Å². The van der Waals surface area contributed by atoms with Gasteiger partial charge in [0.2, 0.25) is 0 Å². The SMILES string of the molecule is CC(O)(CO)C(F)(F)C(F)(F)C(F)(F)C(F)(F)C(F)(F)C(F)(F)C(F)(F)C(F)(F)F. The molecule has 0 spiro atoms. The van der Waals surface area contributed by atoms with Gasteiger partial charge in [0.05, 0.1) is 6.61 Å². The molecule has 0 aromatic heterocycles. The second-order valence-electron chi connectivity index (χ2n) is 5.95. The highest BCUT2D eigenvalue weighted by atomic mass is 19.4. The molecule has 182 valence electrons. The Morgan fingerprint density at radius 2 is 0.633 bits per heavy atom. The molecular formula is C11H7F17O2. The molecule has 0 aliphatic rings. The van der Waals surface area contributed by atoms with Crippen molar-refractivity contribution in [3.05, 3.63) is 0 Å². The fourth-order valence-electron chi connectivity index (χ4n) is 1.60. The van der Waals surface area contributed by atoms with Gasteiger partial charge in [-0.3, -0.25) is 0 Å². The van der Waals surface area contributed by atoms with Crippen molar-refractivity contribution in [2.75, 3.05) is 6.61 Å². The van der Waals surface area contributed by atoms with Crippen LogP contribution in [-0.4, -0.2) is 70.1 Å². The van der Waals surface area contributed by atoms with Crippen molar-refractivity contribution >= 4 is 0 Å². The summed E-state index contributed by atoms with van der Waals surface area (Å²) in [5.74, 6) is -57.8. The van der Waals surface area contributed by atoms with Gasteiger partial charge in [-0.05, 0) is 6.92 Å². The Morgan fingerprint density at radius 1 is 0.433 bits per heavy atom. The van der Waals surface area contributed by atoms with Gasteiger partial charge in [-0.1, -0.05) is 0 Å². The molecule has 0 aliphatic carbocycles. The summed E-state index contributed by atoms with van der Waals surface area (Å²) in [6.07, 6.45) is -7.82. The highest BCUT2D eigenvalue weighted by molar-refractivity contribution is 5.17. The predicted octanol–water partition coefficient (Wildman–Crippen LogP) is 4.74. The van der Waals surface area contributed by atoms with E-state index in [0.717, 1.165) is 0 Å². The third-order valence-electron chi connectivity index (χ3n) is 3.71. The second-order valence-corrected chi connectivity index (χ2v) is 5.95. The summed E-state index contributed by atoms with van der Waals surface area (Å²) >= 11 is 0. The van der Waals surface area contributed by atoms with Crippen LogP contribution < -0.4 is 0 Å². The zero-order valence-electron chi connectivity index (χ0n) is 13.5. The molecule has 0 aliphatic heterocycles. The first-order chi connectivity index (χ1) is 12.6. The molecule has 0 saturated carbocycles. The normalized spacial score (nSPS) is 18.4. The van der Waals surface area contributed by atoms with Crippen LogP contribution in [0.3, 0.4) is 0 Å². The third kappa shape index (κ3) is 3.26. The van der Waals surface area contributed by atoms with Gasteiger partial charge < -0.3 is 10.2 Å². The topological polar surface area (TPSA) is 40.5 Å². The Labute approximate surface area is 153 Å². The zero-order chi connectivity index (χ0) is 25.2. The number of aliphatic hydroxyl groups excluding tert-OH is 1. The van der Waals surface area contributed by atoms with E-state index < -0.39 is 66.8 Å². The van der Waals surface area contributed by atoms with Crippen molar-refractivity contribution in [1.82, 2.24) is 0 Å². The first-order valence-electron chi connectivity index (χ1n) is 6.61. The van der Waals surface area contributed by atoms with Gasteiger partial charge in [0.15, 0.2) is 5.60 Å². The molecule has 0 saturated heterocycles.